The molecule has 6 nitrogen and oxygen atoms in total. The summed E-state index contributed by atoms with van der Waals surface area (Å²) in [7, 11) is 0. The molecule has 1 fully saturated rings. The van der Waals surface area contributed by atoms with Crippen molar-refractivity contribution in [2.24, 2.45) is 0 Å². The number of hydrogen-bond acceptors (Lipinski definition) is 6. The number of carbonyl (C=O) groups is 1. The molecule has 1 aromatic heterocycles. The molecule has 0 saturated heterocycles. The first-order chi connectivity index (χ1) is 17.3. The lowest BCUT2D eigenvalue weighted by atomic mass is 9.89. The van der Waals surface area contributed by atoms with Crippen LogP contribution in [0.25, 0.3) is 0 Å². The summed E-state index contributed by atoms with van der Waals surface area (Å²) in [5, 5.41) is 0. The molecule has 0 spiro atoms. The molecule has 6 heteroatoms. The van der Waals surface area contributed by atoms with Crippen LogP contribution in [0.5, 0.6) is 11.5 Å². The monoisotopic (exact) mass is 499 g/mol. The van der Waals surface area contributed by atoms with Crippen LogP contribution < -0.4 is 9.47 Å². The zero-order valence-corrected chi connectivity index (χ0v) is 23.2. The second kappa shape index (κ2) is 13.2. The topological polar surface area (TPSA) is 70.8 Å². The predicted octanol–water partition coefficient (Wildman–Crippen LogP) is 7.28. The number of esters is 1. The van der Waals surface area contributed by atoms with Gasteiger partial charge >= 0.3 is 5.97 Å². The Labute approximate surface area is 217 Å². The van der Waals surface area contributed by atoms with Crippen LogP contribution in [0.15, 0.2) is 16.5 Å². The first kappa shape index (κ1) is 28.1. The quantitative estimate of drug-likeness (QED) is 0.270. The summed E-state index contributed by atoms with van der Waals surface area (Å²) in [5.74, 6) is 3.53. The molecule has 1 aromatic carbocycles. The molecule has 1 aliphatic carbocycles. The van der Waals surface area contributed by atoms with Crippen molar-refractivity contribution in [3.05, 3.63) is 40.6 Å². The van der Waals surface area contributed by atoms with Crippen LogP contribution in [-0.2, 0) is 28.8 Å². The highest BCUT2D eigenvalue weighted by molar-refractivity contribution is 5.79. The molecule has 3 rings (SSSR count). The molecule has 1 heterocycles. The fraction of sp³-hybridized carbons (Fsp3) is 0.667. The third kappa shape index (κ3) is 7.27. The highest BCUT2D eigenvalue weighted by Gasteiger charge is 2.32. The largest absolute Gasteiger partial charge is 0.493 e. The molecule has 200 valence electrons. The van der Waals surface area contributed by atoms with Crippen molar-refractivity contribution in [3.63, 3.8) is 0 Å². The van der Waals surface area contributed by atoms with Gasteiger partial charge in [-0.2, -0.15) is 0 Å². The average molecular weight is 500 g/mol. The van der Waals surface area contributed by atoms with Crippen LogP contribution >= 0.6 is 0 Å². The molecule has 2 aromatic rings. The summed E-state index contributed by atoms with van der Waals surface area (Å²) < 4.78 is 23.8. The third-order valence-corrected chi connectivity index (χ3v) is 6.84. The summed E-state index contributed by atoms with van der Waals surface area (Å²) >= 11 is 0. The molecule has 1 aliphatic rings. The Balaban J connectivity index is 1.76. The maximum absolute atomic E-state index is 12.4. The zero-order chi connectivity index (χ0) is 26.1. The average Bonchev–Trinajstić information content (AvgIpc) is 3.22. The van der Waals surface area contributed by atoms with Gasteiger partial charge in [0.1, 0.15) is 17.3 Å². The van der Waals surface area contributed by atoms with Crippen molar-refractivity contribution < 1.29 is 23.4 Å². The summed E-state index contributed by atoms with van der Waals surface area (Å²) in [6, 6.07) is 4.03. The van der Waals surface area contributed by atoms with Gasteiger partial charge < -0.3 is 18.6 Å². The van der Waals surface area contributed by atoms with Gasteiger partial charge in [-0.25, -0.2) is 9.78 Å². The number of benzene rings is 1. The lowest BCUT2D eigenvalue weighted by Gasteiger charge is -2.26. The molecule has 0 radical (unpaired) electrons. The van der Waals surface area contributed by atoms with Crippen LogP contribution in [0.1, 0.15) is 114 Å². The normalized spacial score (nSPS) is 14.6. The minimum atomic E-state index is -1.06. The van der Waals surface area contributed by atoms with Gasteiger partial charge in [0.15, 0.2) is 11.5 Å². The number of oxazole rings is 1. The highest BCUT2D eigenvalue weighted by Crippen LogP contribution is 2.35. The van der Waals surface area contributed by atoms with E-state index in [0.29, 0.717) is 31.3 Å². The second-order valence-electron chi connectivity index (χ2n) is 10.4. The van der Waals surface area contributed by atoms with Gasteiger partial charge in [0, 0.05) is 12.3 Å². The smallest absolute Gasteiger partial charge is 0.349 e. The Morgan fingerprint density at radius 2 is 1.67 bits per heavy atom. The minimum Gasteiger partial charge on any atom is -0.493 e. The van der Waals surface area contributed by atoms with E-state index >= 15 is 0 Å². The van der Waals surface area contributed by atoms with E-state index in [2.05, 4.69) is 13.8 Å². The molecule has 0 aliphatic heterocycles. The molecule has 0 N–H and O–H groups in total. The van der Waals surface area contributed by atoms with Gasteiger partial charge in [-0.05, 0) is 76.6 Å². The van der Waals surface area contributed by atoms with Crippen molar-refractivity contribution in [1.82, 2.24) is 4.98 Å². The second-order valence-corrected chi connectivity index (χ2v) is 10.4. The van der Waals surface area contributed by atoms with Gasteiger partial charge in [0.05, 0.1) is 18.9 Å². The van der Waals surface area contributed by atoms with E-state index in [4.69, 9.17) is 23.6 Å². The summed E-state index contributed by atoms with van der Waals surface area (Å²) in [6.45, 7) is 12.5. The molecular formula is C30H45NO5. The van der Waals surface area contributed by atoms with Gasteiger partial charge in [-0.15, -0.1) is 0 Å². The van der Waals surface area contributed by atoms with E-state index in [9.17, 15) is 4.79 Å². The van der Waals surface area contributed by atoms with Gasteiger partial charge in [0.2, 0.25) is 0 Å². The maximum atomic E-state index is 12.4. The Morgan fingerprint density at radius 1 is 1.03 bits per heavy atom. The number of hydrogen-bond donors (Lipinski definition) is 0. The summed E-state index contributed by atoms with van der Waals surface area (Å²) in [6.07, 6.45) is 10.6. The molecule has 36 heavy (non-hydrogen) atoms. The predicted molar refractivity (Wildman–Crippen MR) is 142 cm³/mol. The molecule has 0 unspecified atom stereocenters. The lowest BCUT2D eigenvalue weighted by Crippen LogP contribution is -2.39. The van der Waals surface area contributed by atoms with Crippen LogP contribution in [0.4, 0.5) is 0 Å². The van der Waals surface area contributed by atoms with Gasteiger partial charge in [-0.3, -0.25) is 0 Å². The summed E-state index contributed by atoms with van der Waals surface area (Å²) in [4.78, 5) is 17.2. The molecular weight excluding hydrogens is 454 g/mol. The van der Waals surface area contributed by atoms with Crippen LogP contribution in [0.3, 0.4) is 0 Å². The van der Waals surface area contributed by atoms with Crippen LogP contribution in [0, 0.1) is 6.92 Å². The van der Waals surface area contributed by atoms with Crippen LogP contribution in [-0.4, -0.2) is 29.8 Å². The maximum Gasteiger partial charge on any atom is 0.349 e. The highest BCUT2D eigenvalue weighted by atomic mass is 16.6. The van der Waals surface area contributed by atoms with E-state index in [1.807, 2.05) is 19.1 Å². The van der Waals surface area contributed by atoms with E-state index in [1.54, 1.807) is 20.8 Å². The van der Waals surface area contributed by atoms with Crippen molar-refractivity contribution in [2.75, 3.05) is 13.2 Å². The fourth-order valence-electron chi connectivity index (χ4n) is 4.97. The van der Waals surface area contributed by atoms with E-state index in [0.717, 1.165) is 59.9 Å². The fourth-order valence-corrected chi connectivity index (χ4v) is 4.97. The first-order valence-electron chi connectivity index (χ1n) is 13.9. The molecule has 0 bridgehead atoms. The third-order valence-electron chi connectivity index (χ3n) is 6.84. The molecule has 1 saturated carbocycles. The van der Waals surface area contributed by atoms with Crippen molar-refractivity contribution in [2.45, 2.75) is 117 Å². The lowest BCUT2D eigenvalue weighted by molar-refractivity contribution is -0.158. The van der Waals surface area contributed by atoms with Crippen molar-refractivity contribution in [3.8, 4) is 11.5 Å². The van der Waals surface area contributed by atoms with Gasteiger partial charge in [0.25, 0.3) is 0 Å². The van der Waals surface area contributed by atoms with E-state index in [1.165, 1.54) is 32.1 Å². The Hall–Kier alpha value is -2.50. The Kier molecular flexibility index (Phi) is 10.3. The number of nitrogens with zero attached hydrogens (tertiary/aromatic N) is 1. The SMILES string of the molecule is CCCc1cc(OC(C)(C)C(=O)OCC)cc(CCC)c1OCCc1nc(C2CCCCC2)oc1C. The molecule has 0 atom stereocenters. The standard InChI is InChI=1S/C30H45NO5/c1-7-13-23-19-25(36-30(5,6)29(32)33-9-3)20-24(14-8-2)27(23)34-18-17-26-21(4)35-28(31-26)22-15-11-10-12-16-22/h19-20,22H,7-18H2,1-6H3. The van der Waals surface area contributed by atoms with Crippen molar-refractivity contribution >= 4 is 5.97 Å². The number of rotatable bonds is 13. The van der Waals surface area contributed by atoms with Gasteiger partial charge in [-0.1, -0.05) is 46.0 Å². The van der Waals surface area contributed by atoms with E-state index in [-0.39, 0.29) is 5.97 Å². The number of aryl methyl sites for hydroxylation is 3. The number of aromatic nitrogens is 1. The number of ether oxygens (including phenoxy) is 3. The zero-order valence-electron chi connectivity index (χ0n) is 23.2. The van der Waals surface area contributed by atoms with Crippen molar-refractivity contribution in [1.29, 1.82) is 0 Å². The summed E-state index contributed by atoms with van der Waals surface area (Å²) in [5.41, 5.74) is 2.16. The van der Waals surface area contributed by atoms with E-state index < -0.39 is 5.60 Å². The first-order valence-corrected chi connectivity index (χ1v) is 13.9. The number of carbonyl (C=O) groups excluding carboxylic acids is 1. The van der Waals surface area contributed by atoms with Crippen LogP contribution in [0.2, 0.25) is 0 Å². The minimum absolute atomic E-state index is 0.327. The Morgan fingerprint density at radius 3 is 2.25 bits per heavy atom. The molecule has 0 amide bonds. The Bertz CT molecular complexity index is 960.